The Bertz CT molecular complexity index is 1090. The molecule has 0 fully saturated rings. The third-order valence-corrected chi connectivity index (χ3v) is 5.56. The molecule has 3 aromatic rings. The summed E-state index contributed by atoms with van der Waals surface area (Å²) in [5.74, 6) is 0. The molecule has 3 N–H and O–H groups in total. The Hall–Kier alpha value is -2.74. The smallest absolute Gasteiger partial charge is 0.308 e. The van der Waals surface area contributed by atoms with Crippen molar-refractivity contribution in [2.75, 3.05) is 15.4 Å². The number of rotatable bonds is 5. The van der Waals surface area contributed by atoms with Crippen molar-refractivity contribution in [3.63, 3.8) is 0 Å². The van der Waals surface area contributed by atoms with Crippen LogP contribution in [0.5, 0.6) is 0 Å². The van der Waals surface area contributed by atoms with Gasteiger partial charge in [0, 0.05) is 16.4 Å². The lowest BCUT2D eigenvalue weighted by Crippen LogP contribution is -2.19. The predicted octanol–water partition coefficient (Wildman–Crippen LogP) is 5.44. The lowest BCUT2D eigenvalue weighted by atomic mass is 10.3. The fourth-order valence-corrected chi connectivity index (χ4v) is 3.90. The van der Waals surface area contributed by atoms with Crippen LogP contribution >= 0.6 is 23.2 Å². The molecule has 0 spiro atoms. The average Bonchev–Trinajstić information content (AvgIpc) is 2.65. The summed E-state index contributed by atoms with van der Waals surface area (Å²) in [7, 11) is -3.85. The monoisotopic (exact) mass is 435 g/mol. The Morgan fingerprint density at radius 1 is 0.786 bits per heavy atom. The van der Waals surface area contributed by atoms with Crippen molar-refractivity contribution in [2.24, 2.45) is 0 Å². The number of hydrogen-bond donors (Lipinski definition) is 3. The molecule has 0 unspecified atom stereocenters. The van der Waals surface area contributed by atoms with E-state index in [-0.39, 0.29) is 15.6 Å². The second kappa shape index (κ2) is 8.52. The van der Waals surface area contributed by atoms with Gasteiger partial charge < -0.3 is 10.6 Å². The summed E-state index contributed by atoms with van der Waals surface area (Å²) in [6, 6.07) is 18.7. The highest BCUT2D eigenvalue weighted by Crippen LogP contribution is 2.27. The predicted molar refractivity (Wildman–Crippen MR) is 113 cm³/mol. The first-order valence-corrected chi connectivity index (χ1v) is 10.3. The maximum absolute atomic E-state index is 12.5. The lowest BCUT2D eigenvalue weighted by molar-refractivity contribution is 0.262. The van der Waals surface area contributed by atoms with E-state index in [9.17, 15) is 13.2 Å². The molecule has 0 saturated carbocycles. The van der Waals surface area contributed by atoms with Gasteiger partial charge in [-0.3, -0.25) is 4.72 Å². The lowest BCUT2D eigenvalue weighted by Gasteiger charge is -2.11. The summed E-state index contributed by atoms with van der Waals surface area (Å²) < 4.78 is 27.4. The molecule has 6 nitrogen and oxygen atoms in total. The molecule has 3 rings (SSSR count). The number of hydrogen-bond acceptors (Lipinski definition) is 3. The van der Waals surface area contributed by atoms with E-state index >= 15 is 0 Å². The number of sulfonamides is 1. The Balaban J connectivity index is 1.68. The third-order valence-electron chi connectivity index (χ3n) is 3.63. The van der Waals surface area contributed by atoms with Crippen LogP contribution in [0.4, 0.5) is 21.9 Å². The van der Waals surface area contributed by atoms with Gasteiger partial charge in [0.25, 0.3) is 10.0 Å². The molecular formula is C19H15Cl2N3O3S. The molecule has 0 heterocycles. The molecule has 0 radical (unpaired) electrons. The van der Waals surface area contributed by atoms with Crippen molar-refractivity contribution in [1.29, 1.82) is 0 Å². The molecule has 0 atom stereocenters. The first-order chi connectivity index (χ1) is 13.3. The summed E-state index contributed by atoms with van der Waals surface area (Å²) in [5.41, 5.74) is 1.30. The Kier molecular flexibility index (Phi) is 6.08. The van der Waals surface area contributed by atoms with E-state index in [0.717, 1.165) is 0 Å². The summed E-state index contributed by atoms with van der Waals surface area (Å²) in [4.78, 5) is 12.0. The molecule has 0 bridgehead atoms. The maximum Gasteiger partial charge on any atom is 0.323 e. The fourth-order valence-electron chi connectivity index (χ4n) is 2.31. The van der Waals surface area contributed by atoms with Gasteiger partial charge in [0.2, 0.25) is 0 Å². The average molecular weight is 436 g/mol. The van der Waals surface area contributed by atoms with E-state index < -0.39 is 16.1 Å². The number of benzene rings is 3. The third kappa shape index (κ3) is 5.16. The highest BCUT2D eigenvalue weighted by atomic mass is 35.5. The van der Waals surface area contributed by atoms with Crippen LogP contribution in [-0.2, 0) is 10.0 Å². The van der Waals surface area contributed by atoms with Crippen LogP contribution < -0.4 is 15.4 Å². The highest BCUT2D eigenvalue weighted by Gasteiger charge is 2.16. The van der Waals surface area contributed by atoms with E-state index in [1.54, 1.807) is 24.3 Å². The second-order valence-corrected chi connectivity index (χ2v) is 8.23. The highest BCUT2D eigenvalue weighted by molar-refractivity contribution is 7.92. The van der Waals surface area contributed by atoms with Crippen LogP contribution in [0.3, 0.4) is 0 Å². The summed E-state index contributed by atoms with van der Waals surface area (Å²) in [6.07, 6.45) is 0. The minimum atomic E-state index is -3.85. The number of para-hydroxylation sites is 1. The van der Waals surface area contributed by atoms with Gasteiger partial charge in [0.05, 0.1) is 15.6 Å². The molecule has 0 saturated heterocycles. The summed E-state index contributed by atoms with van der Waals surface area (Å²) in [5, 5.41) is 5.89. The van der Waals surface area contributed by atoms with Crippen LogP contribution in [0.1, 0.15) is 0 Å². The normalized spacial score (nSPS) is 10.9. The van der Waals surface area contributed by atoms with Crippen LogP contribution in [0.15, 0.2) is 77.7 Å². The molecule has 144 valence electrons. The number of carbonyl (C=O) groups excluding carboxylic acids is 1. The molecular weight excluding hydrogens is 421 g/mol. The Morgan fingerprint density at radius 3 is 2.00 bits per heavy atom. The van der Waals surface area contributed by atoms with Gasteiger partial charge in [-0.05, 0) is 54.6 Å². The molecule has 9 heteroatoms. The molecule has 0 aliphatic heterocycles. The van der Waals surface area contributed by atoms with Crippen molar-refractivity contribution in [3.05, 3.63) is 82.8 Å². The van der Waals surface area contributed by atoms with Crippen LogP contribution in [-0.4, -0.2) is 14.4 Å². The quantitative estimate of drug-likeness (QED) is 0.498. The molecule has 2 amide bonds. The number of anilines is 3. The van der Waals surface area contributed by atoms with E-state index in [2.05, 4.69) is 15.4 Å². The number of urea groups is 1. The first-order valence-electron chi connectivity index (χ1n) is 8.04. The van der Waals surface area contributed by atoms with Crippen molar-refractivity contribution in [1.82, 2.24) is 0 Å². The standard InChI is InChI=1S/C19H15Cl2N3O3S/c20-13-6-11-18(17(21)12-13)24-28(26,27)16-9-7-15(8-10-16)23-19(25)22-14-4-2-1-3-5-14/h1-12,24H,(H2,22,23,25). The maximum atomic E-state index is 12.5. The molecule has 3 aromatic carbocycles. The number of carbonyl (C=O) groups is 1. The SMILES string of the molecule is O=C(Nc1ccccc1)Nc1ccc(S(=O)(=O)Nc2ccc(Cl)cc2Cl)cc1. The van der Waals surface area contributed by atoms with Gasteiger partial charge in [-0.2, -0.15) is 0 Å². The van der Waals surface area contributed by atoms with Gasteiger partial charge >= 0.3 is 6.03 Å². The van der Waals surface area contributed by atoms with Gasteiger partial charge in [-0.15, -0.1) is 0 Å². The molecule has 0 aliphatic rings. The fraction of sp³-hybridized carbons (Fsp3) is 0. The zero-order chi connectivity index (χ0) is 20.1. The van der Waals surface area contributed by atoms with Crippen molar-refractivity contribution < 1.29 is 13.2 Å². The largest absolute Gasteiger partial charge is 0.323 e. The Morgan fingerprint density at radius 2 is 1.39 bits per heavy atom. The van der Waals surface area contributed by atoms with Crippen LogP contribution in [0.25, 0.3) is 0 Å². The minimum absolute atomic E-state index is 0.0209. The zero-order valence-corrected chi connectivity index (χ0v) is 16.6. The number of amides is 2. The molecule has 0 aromatic heterocycles. The van der Waals surface area contributed by atoms with Gasteiger partial charge in [-0.1, -0.05) is 41.4 Å². The zero-order valence-electron chi connectivity index (χ0n) is 14.3. The van der Waals surface area contributed by atoms with E-state index in [1.165, 1.54) is 42.5 Å². The van der Waals surface area contributed by atoms with Gasteiger partial charge in [0.1, 0.15) is 0 Å². The Labute approximate surface area is 172 Å². The van der Waals surface area contributed by atoms with E-state index in [0.29, 0.717) is 16.4 Å². The van der Waals surface area contributed by atoms with Crippen molar-refractivity contribution in [2.45, 2.75) is 4.90 Å². The summed E-state index contributed by atoms with van der Waals surface area (Å²) >= 11 is 11.8. The van der Waals surface area contributed by atoms with Crippen molar-refractivity contribution in [3.8, 4) is 0 Å². The van der Waals surface area contributed by atoms with Crippen LogP contribution in [0.2, 0.25) is 10.0 Å². The first kappa shape index (κ1) is 20.0. The number of nitrogens with one attached hydrogen (secondary N) is 3. The molecule has 28 heavy (non-hydrogen) atoms. The minimum Gasteiger partial charge on any atom is -0.308 e. The topological polar surface area (TPSA) is 87.3 Å². The number of halogens is 2. The van der Waals surface area contributed by atoms with Gasteiger partial charge in [-0.25, -0.2) is 13.2 Å². The molecule has 0 aliphatic carbocycles. The summed E-state index contributed by atoms with van der Waals surface area (Å²) in [6.45, 7) is 0. The van der Waals surface area contributed by atoms with E-state index in [4.69, 9.17) is 23.2 Å². The van der Waals surface area contributed by atoms with Crippen molar-refractivity contribution >= 4 is 56.3 Å². The van der Waals surface area contributed by atoms with Gasteiger partial charge in [0.15, 0.2) is 0 Å². The van der Waals surface area contributed by atoms with E-state index in [1.807, 2.05) is 6.07 Å². The second-order valence-electron chi connectivity index (χ2n) is 5.70. The van der Waals surface area contributed by atoms with Crippen LogP contribution in [0, 0.1) is 0 Å².